The molecule has 2 aromatic carbocycles. The Labute approximate surface area is 165 Å². The molecule has 0 bridgehead atoms. The van der Waals surface area contributed by atoms with Crippen LogP contribution in [-0.2, 0) is 6.42 Å². The molecule has 2 unspecified atom stereocenters. The fraction of sp³-hybridized carbons (Fsp3) is 0.391. The molecule has 0 aromatic heterocycles. The zero-order chi connectivity index (χ0) is 19.2. The molecule has 3 nitrogen and oxygen atoms in total. The molecule has 0 fully saturated rings. The van der Waals surface area contributed by atoms with Crippen molar-refractivity contribution in [1.29, 1.82) is 5.26 Å². The molecule has 1 aliphatic rings. The van der Waals surface area contributed by atoms with Crippen molar-refractivity contribution < 1.29 is 9.90 Å². The molecular formula is C23H25NO2S. The maximum Gasteiger partial charge on any atom is 0.335 e. The minimum absolute atomic E-state index is 0.335. The molecule has 4 heteroatoms. The lowest BCUT2D eigenvalue weighted by atomic mass is 9.80. The van der Waals surface area contributed by atoms with Crippen LogP contribution in [0.25, 0.3) is 0 Å². The fourth-order valence-electron chi connectivity index (χ4n) is 3.85. The highest BCUT2D eigenvalue weighted by Gasteiger charge is 2.30. The number of thioether (sulfide) groups is 1. The molecule has 3 rings (SSSR count). The summed E-state index contributed by atoms with van der Waals surface area (Å²) in [6.07, 6.45) is 7.00. The van der Waals surface area contributed by atoms with E-state index in [9.17, 15) is 9.90 Å². The Morgan fingerprint density at radius 2 is 2.00 bits per heavy atom. The van der Waals surface area contributed by atoms with E-state index in [1.165, 1.54) is 36.8 Å². The van der Waals surface area contributed by atoms with E-state index in [1.807, 2.05) is 48.2 Å². The first-order valence-electron chi connectivity index (χ1n) is 9.65. The van der Waals surface area contributed by atoms with Gasteiger partial charge >= 0.3 is 5.97 Å². The Balaban J connectivity index is 1.88. The molecule has 0 saturated heterocycles. The summed E-state index contributed by atoms with van der Waals surface area (Å²) in [5.41, 5.74) is 3.50. The summed E-state index contributed by atoms with van der Waals surface area (Å²) in [6, 6.07) is 15.6. The summed E-state index contributed by atoms with van der Waals surface area (Å²) in [5, 5.41) is 18.6. The average Bonchev–Trinajstić information content (AvgIpc) is 2.69. The first-order chi connectivity index (χ1) is 13.1. The third-order valence-corrected chi connectivity index (χ3v) is 6.77. The predicted octanol–water partition coefficient (Wildman–Crippen LogP) is 6.23. The first-order valence-corrected chi connectivity index (χ1v) is 10.5. The Kier molecular flexibility index (Phi) is 6.58. The van der Waals surface area contributed by atoms with Gasteiger partial charge in [0, 0.05) is 10.1 Å². The highest BCUT2D eigenvalue weighted by Crippen LogP contribution is 2.48. The number of unbranched alkanes of at least 4 members (excludes halogenated alkanes) is 2. The number of hydrogen-bond acceptors (Lipinski definition) is 3. The van der Waals surface area contributed by atoms with Gasteiger partial charge < -0.3 is 5.11 Å². The summed E-state index contributed by atoms with van der Waals surface area (Å²) in [4.78, 5) is 12.5. The molecule has 1 N–H and O–H groups in total. The molecule has 0 aliphatic heterocycles. The molecule has 0 heterocycles. The van der Waals surface area contributed by atoms with Crippen LogP contribution in [0.1, 0.15) is 71.3 Å². The molecule has 27 heavy (non-hydrogen) atoms. The number of aryl methyl sites for hydroxylation is 1. The standard InChI is InChI=1S/C23H25NO2S/c1-2-3-4-5-17-8-9-18-14-19(23(25)26)10-13-21(18)22(17)27-20-11-6-16(15-24)7-12-20/h6-7,10-14,17,22H,2-5,8-9H2,1H3,(H,25,26). The lowest BCUT2D eigenvalue weighted by molar-refractivity contribution is 0.0696. The third kappa shape index (κ3) is 4.73. The average molecular weight is 380 g/mol. The second kappa shape index (κ2) is 9.10. The van der Waals surface area contributed by atoms with E-state index in [0.717, 1.165) is 17.7 Å². The van der Waals surface area contributed by atoms with E-state index < -0.39 is 5.97 Å². The van der Waals surface area contributed by atoms with E-state index in [2.05, 4.69) is 13.0 Å². The molecule has 0 spiro atoms. The number of aromatic carboxylic acids is 1. The highest BCUT2D eigenvalue weighted by atomic mass is 32.2. The van der Waals surface area contributed by atoms with Crippen molar-refractivity contribution in [2.75, 3.05) is 0 Å². The molecule has 0 amide bonds. The van der Waals surface area contributed by atoms with E-state index in [4.69, 9.17) is 5.26 Å². The van der Waals surface area contributed by atoms with E-state index in [0.29, 0.717) is 22.3 Å². The topological polar surface area (TPSA) is 61.1 Å². The van der Waals surface area contributed by atoms with Crippen molar-refractivity contribution in [3.63, 3.8) is 0 Å². The molecular weight excluding hydrogens is 354 g/mol. The van der Waals surface area contributed by atoms with Crippen LogP contribution in [0.15, 0.2) is 47.4 Å². The summed E-state index contributed by atoms with van der Waals surface area (Å²) >= 11 is 1.85. The number of fused-ring (bicyclic) bond motifs is 1. The van der Waals surface area contributed by atoms with Gasteiger partial charge in [-0.25, -0.2) is 4.79 Å². The number of rotatable bonds is 7. The zero-order valence-electron chi connectivity index (χ0n) is 15.6. The molecule has 2 aromatic rings. The normalized spacial score (nSPS) is 18.5. The van der Waals surface area contributed by atoms with Gasteiger partial charge in [0.1, 0.15) is 0 Å². The zero-order valence-corrected chi connectivity index (χ0v) is 16.5. The number of carboxylic acids is 1. The van der Waals surface area contributed by atoms with Gasteiger partial charge in [0.2, 0.25) is 0 Å². The molecule has 1 aliphatic carbocycles. The fourth-order valence-corrected chi connectivity index (χ4v) is 5.25. The van der Waals surface area contributed by atoms with Gasteiger partial charge in [-0.2, -0.15) is 5.26 Å². The summed E-state index contributed by atoms with van der Waals surface area (Å²) in [6.45, 7) is 2.23. The van der Waals surface area contributed by atoms with Gasteiger partial charge in [0.25, 0.3) is 0 Å². The lowest BCUT2D eigenvalue weighted by Gasteiger charge is -2.33. The quantitative estimate of drug-likeness (QED) is 0.579. The maximum atomic E-state index is 11.3. The third-order valence-electron chi connectivity index (χ3n) is 5.33. The smallest absolute Gasteiger partial charge is 0.335 e. The van der Waals surface area contributed by atoms with Gasteiger partial charge in [-0.05, 0) is 72.7 Å². The van der Waals surface area contributed by atoms with Crippen LogP contribution in [0.3, 0.4) is 0 Å². The molecule has 140 valence electrons. The van der Waals surface area contributed by atoms with Gasteiger partial charge in [-0.3, -0.25) is 0 Å². The Hall–Kier alpha value is -2.25. The number of hydrogen-bond donors (Lipinski definition) is 1. The van der Waals surface area contributed by atoms with Gasteiger partial charge in [-0.15, -0.1) is 11.8 Å². The monoisotopic (exact) mass is 379 g/mol. The molecule has 0 saturated carbocycles. The SMILES string of the molecule is CCCCCC1CCc2cc(C(=O)O)ccc2C1Sc1ccc(C#N)cc1. The predicted molar refractivity (Wildman–Crippen MR) is 109 cm³/mol. The number of benzene rings is 2. The van der Waals surface area contributed by atoms with Crippen LogP contribution in [0.2, 0.25) is 0 Å². The minimum Gasteiger partial charge on any atom is -0.478 e. The van der Waals surface area contributed by atoms with Crippen LogP contribution < -0.4 is 0 Å². The Morgan fingerprint density at radius 1 is 1.22 bits per heavy atom. The van der Waals surface area contributed by atoms with Crippen molar-refractivity contribution in [3.8, 4) is 6.07 Å². The largest absolute Gasteiger partial charge is 0.478 e. The number of nitriles is 1. The first kappa shape index (κ1) is 19.5. The Bertz CT molecular complexity index is 838. The lowest BCUT2D eigenvalue weighted by Crippen LogP contribution is -2.19. The maximum absolute atomic E-state index is 11.3. The number of nitrogens with zero attached hydrogens (tertiary/aromatic N) is 1. The summed E-state index contributed by atoms with van der Waals surface area (Å²) < 4.78 is 0. The van der Waals surface area contributed by atoms with Crippen LogP contribution in [0.4, 0.5) is 0 Å². The second-order valence-electron chi connectivity index (χ2n) is 7.19. The van der Waals surface area contributed by atoms with Crippen molar-refractivity contribution in [2.45, 2.75) is 55.6 Å². The van der Waals surface area contributed by atoms with E-state index in [1.54, 1.807) is 6.07 Å². The van der Waals surface area contributed by atoms with Gasteiger partial charge in [-0.1, -0.05) is 32.3 Å². The van der Waals surface area contributed by atoms with Crippen LogP contribution in [-0.4, -0.2) is 11.1 Å². The molecule has 0 radical (unpaired) electrons. The number of carboxylic acid groups (broad SMARTS) is 1. The van der Waals surface area contributed by atoms with Crippen LogP contribution in [0.5, 0.6) is 0 Å². The van der Waals surface area contributed by atoms with Crippen molar-refractivity contribution in [1.82, 2.24) is 0 Å². The van der Waals surface area contributed by atoms with Gasteiger partial charge in [0.05, 0.1) is 17.2 Å². The van der Waals surface area contributed by atoms with E-state index in [-0.39, 0.29) is 0 Å². The van der Waals surface area contributed by atoms with Crippen molar-refractivity contribution in [2.24, 2.45) is 5.92 Å². The van der Waals surface area contributed by atoms with Crippen LogP contribution in [0, 0.1) is 17.2 Å². The van der Waals surface area contributed by atoms with Gasteiger partial charge in [0.15, 0.2) is 0 Å². The number of carbonyl (C=O) groups is 1. The van der Waals surface area contributed by atoms with Crippen molar-refractivity contribution in [3.05, 3.63) is 64.7 Å². The second-order valence-corrected chi connectivity index (χ2v) is 8.40. The molecule has 2 atom stereocenters. The Morgan fingerprint density at radius 3 is 2.67 bits per heavy atom. The summed E-state index contributed by atoms with van der Waals surface area (Å²) in [5.74, 6) is -0.264. The highest BCUT2D eigenvalue weighted by molar-refractivity contribution is 7.99. The minimum atomic E-state index is -0.862. The van der Waals surface area contributed by atoms with Crippen molar-refractivity contribution >= 4 is 17.7 Å². The summed E-state index contributed by atoms with van der Waals surface area (Å²) in [7, 11) is 0. The van der Waals surface area contributed by atoms with Crippen LogP contribution >= 0.6 is 11.8 Å². The van der Waals surface area contributed by atoms with E-state index >= 15 is 0 Å².